The van der Waals surface area contributed by atoms with Gasteiger partial charge in [-0.1, -0.05) is 61.9 Å². The van der Waals surface area contributed by atoms with Crippen molar-refractivity contribution in [2.45, 2.75) is 58.0 Å². The summed E-state index contributed by atoms with van der Waals surface area (Å²) in [6.45, 7) is 5.68. The number of nitrogens with one attached hydrogen (secondary N) is 1. The molecule has 0 aromatic heterocycles. The van der Waals surface area contributed by atoms with Gasteiger partial charge in [-0.25, -0.2) is 9.59 Å². The third-order valence-corrected chi connectivity index (χ3v) is 6.21. The normalized spacial score (nSPS) is 14.0. The van der Waals surface area contributed by atoms with Crippen LogP contribution in [0.4, 0.5) is 4.79 Å². The van der Waals surface area contributed by atoms with E-state index in [9.17, 15) is 19.5 Å². The van der Waals surface area contributed by atoms with Gasteiger partial charge in [0.05, 0.1) is 0 Å². The van der Waals surface area contributed by atoms with Crippen molar-refractivity contribution in [2.24, 2.45) is 0 Å². The fraction of sp³-hybridized carbons (Fsp3) is 0.423. The number of alkyl carbamates (subject to hydrolysis) is 1. The SMILES string of the molecule is CCCC(CC(=O)N(CC)C(C)C(=O)O)NC(=O)OCC1c2ccccc2-c2ccccc21. The molecular weight excluding hydrogens is 420 g/mol. The largest absolute Gasteiger partial charge is 0.480 e. The van der Waals surface area contributed by atoms with Crippen LogP contribution in [0.5, 0.6) is 0 Å². The minimum absolute atomic E-state index is 0.0312. The molecule has 0 saturated heterocycles. The molecule has 0 radical (unpaired) electrons. The predicted molar refractivity (Wildman–Crippen MR) is 126 cm³/mol. The maximum atomic E-state index is 12.7. The smallest absolute Gasteiger partial charge is 0.407 e. The van der Waals surface area contributed by atoms with Gasteiger partial charge in [-0.15, -0.1) is 0 Å². The molecule has 7 heteroatoms. The van der Waals surface area contributed by atoms with Crippen LogP contribution < -0.4 is 5.32 Å². The van der Waals surface area contributed by atoms with E-state index in [4.69, 9.17) is 4.74 Å². The van der Waals surface area contributed by atoms with Crippen molar-refractivity contribution in [2.75, 3.05) is 13.2 Å². The molecule has 2 atom stereocenters. The Kier molecular flexibility index (Phi) is 8.09. The lowest BCUT2D eigenvalue weighted by Crippen LogP contribution is -2.46. The number of carboxylic acids is 1. The van der Waals surface area contributed by atoms with E-state index in [0.717, 1.165) is 28.7 Å². The van der Waals surface area contributed by atoms with E-state index in [1.807, 2.05) is 31.2 Å². The summed E-state index contributed by atoms with van der Waals surface area (Å²) >= 11 is 0. The maximum Gasteiger partial charge on any atom is 0.407 e. The summed E-state index contributed by atoms with van der Waals surface area (Å²) < 4.78 is 5.60. The number of amides is 2. The number of fused-ring (bicyclic) bond motifs is 3. The molecule has 2 N–H and O–H groups in total. The van der Waals surface area contributed by atoms with Crippen LogP contribution in [0.25, 0.3) is 11.1 Å². The first kappa shape index (κ1) is 24.3. The molecule has 2 aromatic rings. The standard InChI is InChI=1S/C26H32N2O5/c1-4-10-18(15-24(29)28(5-2)17(3)25(30)31)27-26(32)33-16-23-21-13-8-6-11-19(21)20-12-7-9-14-22(20)23/h6-9,11-14,17-18,23H,4-5,10,15-16H2,1-3H3,(H,27,32)(H,30,31). The van der Waals surface area contributed by atoms with Crippen LogP contribution in [0.1, 0.15) is 57.1 Å². The van der Waals surface area contributed by atoms with E-state index in [1.165, 1.54) is 11.8 Å². The minimum atomic E-state index is -1.05. The topological polar surface area (TPSA) is 95.9 Å². The molecule has 33 heavy (non-hydrogen) atoms. The van der Waals surface area contributed by atoms with Crippen LogP contribution in [0.2, 0.25) is 0 Å². The molecule has 0 fully saturated rings. The molecular formula is C26H32N2O5. The fourth-order valence-electron chi connectivity index (χ4n) is 4.51. The molecule has 0 spiro atoms. The Bertz CT molecular complexity index is 960. The quantitative estimate of drug-likeness (QED) is 0.557. The molecule has 2 unspecified atom stereocenters. The van der Waals surface area contributed by atoms with Gasteiger partial charge in [0.15, 0.2) is 0 Å². The van der Waals surface area contributed by atoms with E-state index in [1.54, 1.807) is 6.92 Å². The number of benzene rings is 2. The molecule has 1 aliphatic rings. The zero-order chi connectivity index (χ0) is 24.0. The number of rotatable bonds is 10. The van der Waals surface area contributed by atoms with Crippen LogP contribution >= 0.6 is 0 Å². The zero-order valence-electron chi connectivity index (χ0n) is 19.4. The average Bonchev–Trinajstić information content (AvgIpc) is 3.12. The molecule has 2 amide bonds. The van der Waals surface area contributed by atoms with Gasteiger partial charge in [-0.3, -0.25) is 4.79 Å². The van der Waals surface area contributed by atoms with Crippen molar-refractivity contribution in [1.29, 1.82) is 0 Å². The summed E-state index contributed by atoms with van der Waals surface area (Å²) in [7, 11) is 0. The van der Waals surface area contributed by atoms with E-state index in [0.29, 0.717) is 6.42 Å². The van der Waals surface area contributed by atoms with Crippen molar-refractivity contribution in [3.8, 4) is 11.1 Å². The third kappa shape index (κ3) is 5.53. The summed E-state index contributed by atoms with van der Waals surface area (Å²) in [6.07, 6.45) is 0.818. The Hall–Kier alpha value is -3.35. The maximum absolute atomic E-state index is 12.7. The summed E-state index contributed by atoms with van der Waals surface area (Å²) in [5, 5.41) is 12.1. The first-order valence-electron chi connectivity index (χ1n) is 11.5. The van der Waals surface area contributed by atoms with E-state index < -0.39 is 24.1 Å². The van der Waals surface area contributed by atoms with Crippen molar-refractivity contribution < 1.29 is 24.2 Å². The zero-order valence-corrected chi connectivity index (χ0v) is 19.4. The number of hydrogen-bond acceptors (Lipinski definition) is 4. The highest BCUT2D eigenvalue weighted by Gasteiger charge is 2.30. The third-order valence-electron chi connectivity index (χ3n) is 6.21. The van der Waals surface area contributed by atoms with Gasteiger partial charge in [0.1, 0.15) is 12.6 Å². The van der Waals surface area contributed by atoms with Crippen LogP contribution in [-0.2, 0) is 14.3 Å². The van der Waals surface area contributed by atoms with Crippen LogP contribution in [0, 0.1) is 0 Å². The second-order valence-electron chi connectivity index (χ2n) is 8.35. The first-order chi connectivity index (χ1) is 15.9. The highest BCUT2D eigenvalue weighted by molar-refractivity contribution is 5.84. The predicted octanol–water partition coefficient (Wildman–Crippen LogP) is 4.41. The van der Waals surface area contributed by atoms with Crippen molar-refractivity contribution in [1.82, 2.24) is 10.2 Å². The number of aliphatic carboxylic acids is 1. The van der Waals surface area contributed by atoms with Gasteiger partial charge in [0.2, 0.25) is 5.91 Å². The minimum Gasteiger partial charge on any atom is -0.480 e. The van der Waals surface area contributed by atoms with E-state index >= 15 is 0 Å². The number of carbonyl (C=O) groups excluding carboxylic acids is 2. The summed E-state index contributed by atoms with van der Waals surface area (Å²) in [5.41, 5.74) is 4.58. The van der Waals surface area contributed by atoms with Crippen molar-refractivity contribution >= 4 is 18.0 Å². The fourth-order valence-corrected chi connectivity index (χ4v) is 4.51. The van der Waals surface area contributed by atoms with Gasteiger partial charge in [0.25, 0.3) is 0 Å². The Morgan fingerprint density at radius 2 is 1.61 bits per heavy atom. The second-order valence-corrected chi connectivity index (χ2v) is 8.35. The van der Waals surface area contributed by atoms with E-state index in [-0.39, 0.29) is 31.4 Å². The Balaban J connectivity index is 1.63. The lowest BCUT2D eigenvalue weighted by atomic mass is 9.98. The van der Waals surface area contributed by atoms with Gasteiger partial charge in [0, 0.05) is 24.9 Å². The molecule has 0 saturated carbocycles. The molecule has 1 aliphatic carbocycles. The van der Waals surface area contributed by atoms with Gasteiger partial charge >= 0.3 is 12.1 Å². The molecule has 0 heterocycles. The molecule has 7 nitrogen and oxygen atoms in total. The van der Waals surface area contributed by atoms with Crippen molar-refractivity contribution in [3.05, 3.63) is 59.7 Å². The highest BCUT2D eigenvalue weighted by atomic mass is 16.5. The van der Waals surface area contributed by atoms with Gasteiger partial charge in [-0.2, -0.15) is 0 Å². The van der Waals surface area contributed by atoms with Gasteiger partial charge < -0.3 is 20.1 Å². The van der Waals surface area contributed by atoms with Crippen LogP contribution in [0.15, 0.2) is 48.5 Å². The molecule has 0 bridgehead atoms. The number of likely N-dealkylation sites (N-methyl/N-ethyl adjacent to an activating group) is 1. The van der Waals surface area contributed by atoms with Gasteiger partial charge in [-0.05, 0) is 42.5 Å². The monoisotopic (exact) mass is 452 g/mol. The number of carboxylic acid groups (broad SMARTS) is 1. The number of nitrogens with zero attached hydrogens (tertiary/aromatic N) is 1. The van der Waals surface area contributed by atoms with Crippen LogP contribution in [-0.4, -0.2) is 53.2 Å². The Labute approximate surface area is 194 Å². The lowest BCUT2D eigenvalue weighted by molar-refractivity contribution is -0.149. The lowest BCUT2D eigenvalue weighted by Gasteiger charge is -2.27. The summed E-state index contributed by atoms with van der Waals surface area (Å²) in [4.78, 5) is 37.9. The number of carbonyl (C=O) groups is 3. The van der Waals surface area contributed by atoms with Crippen LogP contribution in [0.3, 0.4) is 0 Å². The number of ether oxygens (including phenoxy) is 1. The second kappa shape index (κ2) is 11.0. The Morgan fingerprint density at radius 1 is 1.03 bits per heavy atom. The molecule has 3 rings (SSSR count). The Morgan fingerprint density at radius 3 is 2.12 bits per heavy atom. The first-order valence-corrected chi connectivity index (χ1v) is 11.5. The number of hydrogen-bond donors (Lipinski definition) is 2. The molecule has 0 aliphatic heterocycles. The highest BCUT2D eigenvalue weighted by Crippen LogP contribution is 2.44. The van der Waals surface area contributed by atoms with E-state index in [2.05, 4.69) is 29.6 Å². The average molecular weight is 453 g/mol. The summed E-state index contributed by atoms with van der Waals surface area (Å²) in [6, 6.07) is 14.9. The van der Waals surface area contributed by atoms with Crippen molar-refractivity contribution in [3.63, 3.8) is 0 Å². The molecule has 2 aromatic carbocycles. The summed E-state index contributed by atoms with van der Waals surface area (Å²) in [5.74, 6) is -1.40. The molecule has 176 valence electrons.